The van der Waals surface area contributed by atoms with Crippen LogP contribution in [-0.2, 0) is 0 Å². The van der Waals surface area contributed by atoms with Gasteiger partial charge in [0.05, 0.1) is 22.8 Å². The molecule has 1 N–H and O–H groups in total. The molecule has 3 nitrogen and oxygen atoms in total. The lowest BCUT2D eigenvalue weighted by Gasteiger charge is -1.85. The van der Waals surface area contributed by atoms with Crippen LogP contribution in [0.2, 0.25) is 0 Å². The van der Waals surface area contributed by atoms with Gasteiger partial charge in [-0.15, -0.1) is 11.3 Å². The van der Waals surface area contributed by atoms with Crippen molar-refractivity contribution in [1.82, 2.24) is 15.0 Å². The quantitative estimate of drug-likeness (QED) is 0.414. The first-order valence-corrected chi connectivity index (χ1v) is 8.57. The van der Waals surface area contributed by atoms with Gasteiger partial charge in [0.1, 0.15) is 0 Å². The highest BCUT2D eigenvalue weighted by Gasteiger charge is 2.02. The highest BCUT2D eigenvalue weighted by molar-refractivity contribution is 7.23. The first kappa shape index (κ1) is 13.5. The fourth-order valence-electron chi connectivity index (χ4n) is 2.84. The van der Waals surface area contributed by atoms with Gasteiger partial charge in [0.15, 0.2) is 0 Å². The molecule has 0 saturated carbocycles. The molecule has 0 atom stereocenters. The highest BCUT2D eigenvalue weighted by Crippen LogP contribution is 2.22. The topological polar surface area (TPSA) is 41.6 Å². The summed E-state index contributed by atoms with van der Waals surface area (Å²) in [6, 6.07) is 16.8. The fourth-order valence-corrected chi connectivity index (χ4v) is 3.75. The van der Waals surface area contributed by atoms with Gasteiger partial charge in [-0.25, -0.2) is 9.97 Å². The Morgan fingerprint density at radius 3 is 1.83 bits per heavy atom. The van der Waals surface area contributed by atoms with Crippen molar-refractivity contribution in [2.24, 2.45) is 0 Å². The van der Waals surface area contributed by atoms with Crippen molar-refractivity contribution >= 4 is 56.1 Å². The molecule has 3 aromatic rings. The first-order chi connectivity index (χ1) is 11.8. The molecule has 8 bridgehead atoms. The summed E-state index contributed by atoms with van der Waals surface area (Å²) < 4.78 is 2.42. The lowest BCUT2D eigenvalue weighted by molar-refractivity contribution is 1.28. The van der Waals surface area contributed by atoms with Crippen LogP contribution in [0.5, 0.6) is 0 Å². The minimum absolute atomic E-state index is 0.926. The van der Waals surface area contributed by atoms with E-state index in [9.17, 15) is 0 Å². The molecule has 0 aromatic carbocycles. The van der Waals surface area contributed by atoms with Gasteiger partial charge in [0.2, 0.25) is 0 Å². The zero-order valence-corrected chi connectivity index (χ0v) is 13.5. The Balaban J connectivity index is 1.85. The van der Waals surface area contributed by atoms with Gasteiger partial charge in [0.25, 0.3) is 0 Å². The molecule has 114 valence electrons. The molecule has 0 fully saturated rings. The van der Waals surface area contributed by atoms with E-state index < -0.39 is 0 Å². The number of aromatic nitrogens is 3. The van der Waals surface area contributed by atoms with Crippen molar-refractivity contribution in [3.63, 3.8) is 0 Å². The van der Waals surface area contributed by atoms with Crippen molar-refractivity contribution in [3.05, 3.63) is 71.3 Å². The maximum Gasteiger partial charge on any atom is 0.0659 e. The van der Waals surface area contributed by atoms with Crippen LogP contribution < -0.4 is 0 Å². The van der Waals surface area contributed by atoms with E-state index in [0.29, 0.717) is 0 Å². The zero-order valence-electron chi connectivity index (χ0n) is 12.7. The first-order valence-electron chi connectivity index (χ1n) is 7.75. The molecule has 2 aliphatic rings. The normalized spacial score (nSPS) is 12.7. The molecular weight excluding hydrogens is 314 g/mol. The standard InChI is InChI=1S/C20H13N3S/c1-2-14-10-16-4-6-18(23-16)12-20-8-7-19(24-20)11-17-5-3-15(22-17)9-13(1)21-14/h1-12,22H. The van der Waals surface area contributed by atoms with E-state index in [1.165, 1.54) is 9.40 Å². The lowest BCUT2D eigenvalue weighted by atomic mass is 10.3. The van der Waals surface area contributed by atoms with Crippen LogP contribution >= 0.6 is 11.3 Å². The Bertz CT molecular complexity index is 1070. The number of hydrogen-bond donors (Lipinski definition) is 1. The van der Waals surface area contributed by atoms with Gasteiger partial charge in [-0.3, -0.25) is 0 Å². The third kappa shape index (κ3) is 2.57. The molecule has 4 heteroatoms. The molecule has 0 spiro atoms. The fraction of sp³-hybridized carbons (Fsp3) is 0. The average molecular weight is 327 g/mol. The summed E-state index contributed by atoms with van der Waals surface area (Å²) in [5.41, 5.74) is 5.92. The molecule has 0 radical (unpaired) electrons. The maximum absolute atomic E-state index is 4.65. The Labute approximate surface area is 142 Å². The predicted octanol–water partition coefficient (Wildman–Crippen LogP) is 5.39. The van der Waals surface area contributed by atoms with E-state index in [-0.39, 0.29) is 0 Å². The van der Waals surface area contributed by atoms with E-state index in [0.717, 1.165) is 33.8 Å². The maximum atomic E-state index is 4.65. The van der Waals surface area contributed by atoms with Crippen molar-refractivity contribution in [3.8, 4) is 0 Å². The second-order valence-corrected chi connectivity index (χ2v) is 6.92. The minimum Gasteiger partial charge on any atom is -0.355 e. The van der Waals surface area contributed by atoms with Crippen LogP contribution in [0.25, 0.3) is 44.7 Å². The Morgan fingerprint density at radius 1 is 0.583 bits per heavy atom. The Morgan fingerprint density at radius 2 is 1.12 bits per heavy atom. The number of aromatic amines is 1. The molecule has 24 heavy (non-hydrogen) atoms. The summed E-state index contributed by atoms with van der Waals surface area (Å²) in [4.78, 5) is 12.7. The van der Waals surface area contributed by atoms with Crippen LogP contribution in [0.15, 0.2) is 48.5 Å². The summed E-state index contributed by atoms with van der Waals surface area (Å²) in [7, 11) is 0. The smallest absolute Gasteiger partial charge is 0.0659 e. The summed E-state index contributed by atoms with van der Waals surface area (Å²) in [5.74, 6) is 0. The van der Waals surface area contributed by atoms with Crippen molar-refractivity contribution in [1.29, 1.82) is 0 Å². The van der Waals surface area contributed by atoms with E-state index in [1.807, 2.05) is 30.4 Å². The van der Waals surface area contributed by atoms with Gasteiger partial charge in [0, 0.05) is 20.4 Å². The van der Waals surface area contributed by atoms with Gasteiger partial charge in [-0.1, -0.05) is 0 Å². The third-order valence-electron chi connectivity index (χ3n) is 3.93. The number of rotatable bonds is 0. The summed E-state index contributed by atoms with van der Waals surface area (Å²) in [6.07, 6.45) is 8.11. The number of thiophene rings is 1. The molecule has 3 aromatic heterocycles. The second-order valence-electron chi connectivity index (χ2n) is 5.78. The lowest BCUT2D eigenvalue weighted by Crippen LogP contribution is -1.76. The van der Waals surface area contributed by atoms with Gasteiger partial charge in [-0.05, 0) is 72.8 Å². The number of nitrogens with zero attached hydrogens (tertiary/aromatic N) is 2. The predicted molar refractivity (Wildman–Crippen MR) is 102 cm³/mol. The van der Waals surface area contributed by atoms with Crippen LogP contribution in [0.3, 0.4) is 0 Å². The van der Waals surface area contributed by atoms with Gasteiger partial charge in [-0.2, -0.15) is 0 Å². The van der Waals surface area contributed by atoms with Gasteiger partial charge >= 0.3 is 0 Å². The molecule has 5 heterocycles. The third-order valence-corrected chi connectivity index (χ3v) is 4.91. The molecule has 0 saturated heterocycles. The average Bonchev–Trinajstić information content (AvgIpc) is 3.32. The van der Waals surface area contributed by atoms with Crippen LogP contribution in [0.1, 0.15) is 22.8 Å². The molecular formula is C20H13N3S. The van der Waals surface area contributed by atoms with Crippen LogP contribution in [0, 0.1) is 0 Å². The van der Waals surface area contributed by atoms with Gasteiger partial charge < -0.3 is 4.98 Å². The number of hydrogen-bond acceptors (Lipinski definition) is 3. The van der Waals surface area contributed by atoms with Crippen molar-refractivity contribution in [2.45, 2.75) is 0 Å². The monoisotopic (exact) mass is 327 g/mol. The Hall–Kier alpha value is -2.98. The largest absolute Gasteiger partial charge is 0.355 e. The number of nitrogens with one attached hydrogen (secondary N) is 1. The molecule has 0 aliphatic carbocycles. The zero-order chi connectivity index (χ0) is 15.9. The van der Waals surface area contributed by atoms with Crippen molar-refractivity contribution in [2.75, 3.05) is 0 Å². The van der Waals surface area contributed by atoms with E-state index in [1.54, 1.807) is 11.3 Å². The van der Waals surface area contributed by atoms with Crippen LogP contribution in [0.4, 0.5) is 0 Å². The Kier molecular flexibility index (Phi) is 2.96. The van der Waals surface area contributed by atoms with E-state index in [4.69, 9.17) is 0 Å². The molecule has 0 amide bonds. The number of fused-ring (bicyclic) bond motifs is 8. The van der Waals surface area contributed by atoms with Crippen LogP contribution in [-0.4, -0.2) is 15.0 Å². The molecule has 0 unspecified atom stereocenters. The second kappa shape index (κ2) is 5.28. The van der Waals surface area contributed by atoms with E-state index in [2.05, 4.69) is 57.4 Å². The SMILES string of the molecule is C1=Cc2cc3ccc(cc4ccc(cc5nc(cc1n2)C=C5)s4)[nH]3. The molecule has 5 rings (SSSR count). The summed E-state index contributed by atoms with van der Waals surface area (Å²) in [6.45, 7) is 0. The summed E-state index contributed by atoms with van der Waals surface area (Å²) in [5, 5.41) is 0. The molecule has 2 aliphatic heterocycles. The minimum atomic E-state index is 0.926. The van der Waals surface area contributed by atoms with Crippen molar-refractivity contribution < 1.29 is 0 Å². The number of H-pyrrole nitrogens is 1. The van der Waals surface area contributed by atoms with E-state index >= 15 is 0 Å². The highest BCUT2D eigenvalue weighted by atomic mass is 32.1. The summed E-state index contributed by atoms with van der Waals surface area (Å²) >= 11 is 1.76.